The Morgan fingerprint density at radius 2 is 0.935 bits per heavy atom. The standard InChI is InChI=1S/C51H48Cl2N2O6S/c1-62(57,58)54-47-30-43(24-27-51(47)61-36-40-20-12-5-13-21-40)48(56)33-55(31-37-14-6-2-7-15-37)32-44(41-22-25-49(45(52)28-41)59-34-38-16-8-3-9-17-38)42-23-26-50(46(53)29-42)60-35-39-18-10-4-11-19-39/h2-30,44,48,54,56H,31-36H2,1H3/t48-/m0/s1. The molecule has 7 aromatic rings. The fourth-order valence-corrected chi connectivity index (χ4v) is 8.17. The largest absolute Gasteiger partial charge is 0.487 e. The van der Waals surface area contributed by atoms with Crippen molar-refractivity contribution < 1.29 is 27.7 Å². The van der Waals surface area contributed by atoms with Crippen molar-refractivity contribution >= 4 is 38.9 Å². The molecule has 0 amide bonds. The Hall–Kier alpha value is -5.81. The lowest BCUT2D eigenvalue weighted by atomic mass is 9.90. The van der Waals surface area contributed by atoms with Crippen LogP contribution in [0.4, 0.5) is 5.69 Å². The minimum atomic E-state index is -3.68. The number of sulfonamides is 1. The van der Waals surface area contributed by atoms with Gasteiger partial charge in [0, 0.05) is 25.6 Å². The molecule has 0 saturated heterocycles. The van der Waals surface area contributed by atoms with Crippen molar-refractivity contribution in [3.8, 4) is 17.2 Å². The first-order chi connectivity index (χ1) is 30.1. The minimum absolute atomic E-state index is 0.200. The van der Waals surface area contributed by atoms with Crippen LogP contribution in [0.15, 0.2) is 176 Å². The molecule has 8 nitrogen and oxygen atoms in total. The second-order valence-corrected chi connectivity index (χ2v) is 17.6. The highest BCUT2D eigenvalue weighted by molar-refractivity contribution is 7.92. The van der Waals surface area contributed by atoms with Crippen LogP contribution in [0.1, 0.15) is 51.0 Å². The fourth-order valence-electron chi connectivity index (χ4n) is 7.12. The molecule has 0 unspecified atom stereocenters. The lowest BCUT2D eigenvalue weighted by molar-refractivity contribution is 0.107. The summed E-state index contributed by atoms with van der Waals surface area (Å²) in [6.07, 6.45) is 0.0682. The molecule has 11 heteroatoms. The van der Waals surface area contributed by atoms with E-state index in [0.717, 1.165) is 39.6 Å². The summed E-state index contributed by atoms with van der Waals surface area (Å²) in [4.78, 5) is 2.18. The van der Waals surface area contributed by atoms with Gasteiger partial charge in [-0.25, -0.2) is 8.42 Å². The number of aliphatic hydroxyl groups excluding tert-OH is 1. The number of benzene rings is 7. The van der Waals surface area contributed by atoms with Gasteiger partial charge >= 0.3 is 0 Å². The quantitative estimate of drug-likeness (QED) is 0.0787. The van der Waals surface area contributed by atoms with E-state index in [4.69, 9.17) is 37.4 Å². The SMILES string of the molecule is CS(=O)(=O)Nc1cc([C@@H](O)CN(Cc2ccccc2)CC(c2ccc(OCc3ccccc3)c(Cl)c2)c2ccc(OCc3ccccc3)c(Cl)c2)ccc1OCc1ccccc1. The first kappa shape index (κ1) is 44.3. The molecule has 0 fully saturated rings. The zero-order chi connectivity index (χ0) is 43.3. The zero-order valence-corrected chi connectivity index (χ0v) is 36.6. The first-order valence-corrected chi connectivity index (χ1v) is 22.9. The van der Waals surface area contributed by atoms with Gasteiger partial charge in [0.15, 0.2) is 0 Å². The molecular weight excluding hydrogens is 840 g/mol. The third-order valence-electron chi connectivity index (χ3n) is 10.2. The molecule has 0 aliphatic heterocycles. The highest BCUT2D eigenvalue weighted by Gasteiger charge is 2.24. The predicted molar refractivity (Wildman–Crippen MR) is 249 cm³/mol. The van der Waals surface area contributed by atoms with E-state index in [1.54, 1.807) is 18.2 Å². The number of halogens is 2. The van der Waals surface area contributed by atoms with E-state index in [-0.39, 0.29) is 24.8 Å². The maximum atomic E-state index is 12.5. The van der Waals surface area contributed by atoms with Crippen LogP contribution in [-0.2, 0) is 36.4 Å². The lowest BCUT2D eigenvalue weighted by Crippen LogP contribution is -2.33. The Kier molecular flexibility index (Phi) is 15.2. The van der Waals surface area contributed by atoms with E-state index >= 15 is 0 Å². The molecule has 0 bridgehead atoms. The molecule has 0 aliphatic rings. The molecule has 62 heavy (non-hydrogen) atoms. The van der Waals surface area contributed by atoms with Gasteiger partial charge in [-0.2, -0.15) is 0 Å². The van der Waals surface area contributed by atoms with Crippen LogP contribution in [0.2, 0.25) is 10.0 Å². The number of aliphatic hydroxyl groups is 1. The summed E-state index contributed by atoms with van der Waals surface area (Å²) in [6, 6.07) is 56.2. The van der Waals surface area contributed by atoms with Crippen molar-refractivity contribution in [3.05, 3.63) is 225 Å². The van der Waals surface area contributed by atoms with Crippen LogP contribution in [0.3, 0.4) is 0 Å². The Morgan fingerprint density at radius 3 is 1.37 bits per heavy atom. The van der Waals surface area contributed by atoms with Gasteiger partial charge in [-0.15, -0.1) is 0 Å². The van der Waals surface area contributed by atoms with Crippen molar-refractivity contribution in [1.82, 2.24) is 4.90 Å². The summed E-state index contributed by atoms with van der Waals surface area (Å²) >= 11 is 13.9. The average molecular weight is 888 g/mol. The monoisotopic (exact) mass is 886 g/mol. The van der Waals surface area contributed by atoms with Gasteiger partial charge in [0.25, 0.3) is 0 Å². The molecule has 0 heterocycles. The first-order valence-electron chi connectivity index (χ1n) is 20.2. The molecule has 0 aromatic heterocycles. The number of hydrogen-bond donors (Lipinski definition) is 2. The average Bonchev–Trinajstić information content (AvgIpc) is 3.27. The smallest absolute Gasteiger partial charge is 0.229 e. The Labute approximate surface area is 374 Å². The predicted octanol–water partition coefficient (Wildman–Crippen LogP) is 11.5. The number of hydrogen-bond acceptors (Lipinski definition) is 7. The van der Waals surface area contributed by atoms with E-state index in [1.807, 2.05) is 158 Å². The fraction of sp³-hybridized carbons (Fsp3) is 0.176. The van der Waals surface area contributed by atoms with Crippen molar-refractivity contribution in [2.75, 3.05) is 24.1 Å². The molecule has 0 aliphatic carbocycles. The Morgan fingerprint density at radius 1 is 0.532 bits per heavy atom. The summed E-state index contributed by atoms with van der Waals surface area (Å²) in [5.41, 5.74) is 6.63. The van der Waals surface area contributed by atoms with Gasteiger partial charge in [0.1, 0.15) is 37.1 Å². The Balaban J connectivity index is 1.19. The summed E-state index contributed by atoms with van der Waals surface area (Å²) in [5, 5.41) is 12.9. The highest BCUT2D eigenvalue weighted by atomic mass is 35.5. The third kappa shape index (κ3) is 12.9. The normalized spacial score (nSPS) is 12.0. The zero-order valence-electron chi connectivity index (χ0n) is 34.2. The van der Waals surface area contributed by atoms with Gasteiger partial charge < -0.3 is 19.3 Å². The highest BCUT2D eigenvalue weighted by Crippen LogP contribution is 2.37. The molecule has 318 valence electrons. The Bertz CT molecular complexity index is 2530. The van der Waals surface area contributed by atoms with Gasteiger partial charge in [-0.3, -0.25) is 9.62 Å². The lowest BCUT2D eigenvalue weighted by Gasteiger charge is -2.31. The minimum Gasteiger partial charge on any atom is -0.487 e. The van der Waals surface area contributed by atoms with Crippen LogP contribution >= 0.6 is 23.2 Å². The van der Waals surface area contributed by atoms with E-state index in [0.29, 0.717) is 59.2 Å². The van der Waals surface area contributed by atoms with Crippen molar-refractivity contribution in [1.29, 1.82) is 0 Å². The summed E-state index contributed by atoms with van der Waals surface area (Å²) in [7, 11) is -3.68. The van der Waals surface area contributed by atoms with Crippen LogP contribution in [-0.4, -0.2) is 37.8 Å². The van der Waals surface area contributed by atoms with E-state index < -0.39 is 16.1 Å². The number of ether oxygens (including phenoxy) is 3. The molecule has 0 saturated carbocycles. The number of anilines is 1. The third-order valence-corrected chi connectivity index (χ3v) is 11.4. The number of rotatable bonds is 20. The molecule has 2 N–H and O–H groups in total. The molecule has 0 spiro atoms. The molecular formula is C51H48Cl2N2O6S. The molecule has 0 radical (unpaired) electrons. The summed E-state index contributed by atoms with van der Waals surface area (Å²) in [5.74, 6) is 1.19. The van der Waals surface area contributed by atoms with Gasteiger partial charge in [-0.05, 0) is 75.3 Å². The number of nitrogens with one attached hydrogen (secondary N) is 1. The van der Waals surface area contributed by atoms with Gasteiger partial charge in [-0.1, -0.05) is 163 Å². The van der Waals surface area contributed by atoms with E-state index in [1.165, 1.54) is 0 Å². The van der Waals surface area contributed by atoms with E-state index in [2.05, 4.69) is 9.62 Å². The second-order valence-electron chi connectivity index (χ2n) is 15.1. The van der Waals surface area contributed by atoms with Crippen LogP contribution in [0.5, 0.6) is 17.2 Å². The summed E-state index contributed by atoms with van der Waals surface area (Å²) in [6.45, 7) is 2.12. The maximum Gasteiger partial charge on any atom is 0.229 e. The summed E-state index contributed by atoms with van der Waals surface area (Å²) < 4.78 is 45.9. The topological polar surface area (TPSA) is 97.3 Å². The van der Waals surface area contributed by atoms with Crippen molar-refractivity contribution in [2.45, 2.75) is 38.4 Å². The maximum absolute atomic E-state index is 12.5. The van der Waals surface area contributed by atoms with Crippen LogP contribution in [0.25, 0.3) is 0 Å². The molecule has 7 aromatic carbocycles. The van der Waals surface area contributed by atoms with Crippen molar-refractivity contribution in [3.63, 3.8) is 0 Å². The molecule has 1 atom stereocenters. The second kappa shape index (κ2) is 21.3. The number of nitrogens with zero attached hydrogens (tertiary/aromatic N) is 1. The molecule has 7 rings (SSSR count). The van der Waals surface area contributed by atoms with Gasteiger partial charge in [0.2, 0.25) is 10.0 Å². The van der Waals surface area contributed by atoms with Crippen LogP contribution < -0.4 is 18.9 Å². The van der Waals surface area contributed by atoms with Gasteiger partial charge in [0.05, 0.1) is 28.1 Å². The van der Waals surface area contributed by atoms with Crippen molar-refractivity contribution in [2.24, 2.45) is 0 Å². The van der Waals surface area contributed by atoms with E-state index in [9.17, 15) is 13.5 Å². The van der Waals surface area contributed by atoms with Crippen LogP contribution in [0, 0.1) is 0 Å².